The van der Waals surface area contributed by atoms with E-state index in [1.807, 2.05) is 0 Å². The monoisotopic (exact) mass is 1110 g/mol. The molecule has 0 aromatic carbocycles. The largest absolute Gasteiger partial charge is 0.462 e. The van der Waals surface area contributed by atoms with E-state index in [4.69, 9.17) is 14.2 Å². The summed E-state index contributed by atoms with van der Waals surface area (Å²) in [7, 11) is 0. The second kappa shape index (κ2) is 67.6. The lowest BCUT2D eigenvalue weighted by molar-refractivity contribution is -0.167. The van der Waals surface area contributed by atoms with Gasteiger partial charge in [-0.05, 0) is 103 Å². The number of allylic oxidation sites excluding steroid dienone is 18. The van der Waals surface area contributed by atoms with Crippen LogP contribution in [0.4, 0.5) is 0 Å². The molecule has 0 rings (SSSR count). The fourth-order valence-corrected chi connectivity index (χ4v) is 9.52. The lowest BCUT2D eigenvalue weighted by Gasteiger charge is -2.18. The number of rotatable bonds is 61. The van der Waals surface area contributed by atoms with Crippen LogP contribution in [0.3, 0.4) is 0 Å². The van der Waals surface area contributed by atoms with Crippen molar-refractivity contribution in [2.75, 3.05) is 13.2 Å². The Morgan fingerprint density at radius 2 is 0.487 bits per heavy atom. The van der Waals surface area contributed by atoms with Gasteiger partial charge in [-0.1, -0.05) is 310 Å². The maximum Gasteiger partial charge on any atom is 0.306 e. The molecule has 0 aliphatic carbocycles. The molecule has 1 unspecified atom stereocenters. The van der Waals surface area contributed by atoms with Crippen molar-refractivity contribution in [1.29, 1.82) is 0 Å². The molecule has 0 amide bonds. The van der Waals surface area contributed by atoms with E-state index < -0.39 is 6.10 Å². The van der Waals surface area contributed by atoms with Gasteiger partial charge in [-0.25, -0.2) is 0 Å². The quantitative estimate of drug-likeness (QED) is 0.0261. The first kappa shape index (κ1) is 76.1. The van der Waals surface area contributed by atoms with Crippen LogP contribution >= 0.6 is 0 Å². The average molecular weight is 1110 g/mol. The van der Waals surface area contributed by atoms with E-state index in [9.17, 15) is 14.4 Å². The van der Waals surface area contributed by atoms with Crippen molar-refractivity contribution in [3.05, 3.63) is 109 Å². The van der Waals surface area contributed by atoms with E-state index in [-0.39, 0.29) is 31.1 Å². The molecule has 80 heavy (non-hydrogen) atoms. The first-order chi connectivity index (χ1) is 39.5. The van der Waals surface area contributed by atoms with Gasteiger partial charge >= 0.3 is 17.9 Å². The minimum absolute atomic E-state index is 0.0799. The van der Waals surface area contributed by atoms with Crippen molar-refractivity contribution in [1.82, 2.24) is 0 Å². The van der Waals surface area contributed by atoms with Crippen molar-refractivity contribution >= 4 is 17.9 Å². The molecule has 458 valence electrons. The summed E-state index contributed by atoms with van der Waals surface area (Å²) in [6.07, 6.45) is 92.5. The molecule has 0 aromatic rings. The number of ether oxygens (including phenoxy) is 3. The third-order valence-corrected chi connectivity index (χ3v) is 14.5. The van der Waals surface area contributed by atoms with E-state index in [2.05, 4.69) is 130 Å². The molecule has 0 saturated heterocycles. The zero-order valence-corrected chi connectivity index (χ0v) is 52.6. The van der Waals surface area contributed by atoms with Gasteiger partial charge < -0.3 is 14.2 Å². The molecule has 6 heteroatoms. The predicted molar refractivity (Wildman–Crippen MR) is 348 cm³/mol. The molecular formula is C74H126O6. The lowest BCUT2D eigenvalue weighted by Crippen LogP contribution is -2.30. The summed E-state index contributed by atoms with van der Waals surface area (Å²) in [6, 6.07) is 0. The molecule has 0 bridgehead atoms. The molecule has 0 aliphatic rings. The molecule has 0 aromatic heterocycles. The van der Waals surface area contributed by atoms with Crippen molar-refractivity contribution in [3.8, 4) is 0 Å². The number of esters is 3. The number of hydrogen-bond donors (Lipinski definition) is 0. The molecule has 0 aliphatic heterocycles. The Bertz CT molecular complexity index is 1610. The number of carbonyl (C=O) groups excluding carboxylic acids is 3. The van der Waals surface area contributed by atoms with Gasteiger partial charge in [0.2, 0.25) is 0 Å². The van der Waals surface area contributed by atoms with E-state index >= 15 is 0 Å². The molecular weight excluding hydrogens is 985 g/mol. The fraction of sp³-hybridized carbons (Fsp3) is 0.716. The van der Waals surface area contributed by atoms with Crippen molar-refractivity contribution in [2.45, 2.75) is 329 Å². The van der Waals surface area contributed by atoms with Crippen LogP contribution in [0.25, 0.3) is 0 Å². The predicted octanol–water partition coefficient (Wildman–Crippen LogP) is 23.4. The van der Waals surface area contributed by atoms with Crippen LogP contribution in [0.2, 0.25) is 0 Å². The van der Waals surface area contributed by atoms with Gasteiger partial charge in [-0.2, -0.15) is 0 Å². The Morgan fingerprint density at radius 3 is 0.762 bits per heavy atom. The van der Waals surface area contributed by atoms with Crippen molar-refractivity contribution < 1.29 is 28.6 Å². The Morgan fingerprint density at radius 1 is 0.263 bits per heavy atom. The number of hydrogen-bond acceptors (Lipinski definition) is 6. The van der Waals surface area contributed by atoms with Crippen LogP contribution in [0, 0.1) is 0 Å². The van der Waals surface area contributed by atoms with Gasteiger partial charge in [-0.15, -0.1) is 0 Å². The molecule has 0 radical (unpaired) electrons. The summed E-state index contributed by atoms with van der Waals surface area (Å²) >= 11 is 0. The summed E-state index contributed by atoms with van der Waals surface area (Å²) in [5.41, 5.74) is 0. The summed E-state index contributed by atoms with van der Waals surface area (Å²) in [5, 5.41) is 0. The molecule has 0 N–H and O–H groups in total. The topological polar surface area (TPSA) is 78.9 Å². The van der Waals surface area contributed by atoms with Gasteiger partial charge in [0.25, 0.3) is 0 Å². The van der Waals surface area contributed by atoms with E-state index in [1.54, 1.807) is 0 Å². The smallest absolute Gasteiger partial charge is 0.306 e. The summed E-state index contributed by atoms with van der Waals surface area (Å²) in [6.45, 7) is 6.43. The van der Waals surface area contributed by atoms with Gasteiger partial charge in [0.05, 0.1) is 0 Å². The minimum atomic E-state index is -0.785. The highest BCUT2D eigenvalue weighted by atomic mass is 16.6. The molecule has 6 nitrogen and oxygen atoms in total. The molecule has 0 heterocycles. The van der Waals surface area contributed by atoms with Gasteiger partial charge in [0.15, 0.2) is 6.10 Å². The molecule has 0 spiro atoms. The van der Waals surface area contributed by atoms with Gasteiger partial charge in [0.1, 0.15) is 13.2 Å². The third-order valence-electron chi connectivity index (χ3n) is 14.5. The number of unbranched alkanes of at least 4 members (excludes halogenated alkanes) is 32. The van der Waals surface area contributed by atoms with Crippen molar-refractivity contribution in [2.24, 2.45) is 0 Å². The zero-order chi connectivity index (χ0) is 57.8. The standard InChI is InChI=1S/C74H126O6/c1-4-7-10-13-16-19-22-25-27-29-31-33-35-36-37-38-40-41-43-45-47-49-52-55-58-61-64-67-73(76)79-70-71(69-78-72(75)66-63-60-57-54-51-24-21-18-15-12-9-6-3)80-74(77)68-65-62-59-56-53-50-48-46-44-42-39-34-32-30-28-26-23-20-17-14-11-8-5-2/h7-8,10-11,16-17,19-20,25-28,31-34,42,44,71H,4-6,9,12-15,18,21-24,29-30,35-41,43,45-70H2,1-3H3/b10-7-,11-8-,19-16-,20-17-,27-25-,28-26-,33-31-,34-32-,44-42-. The Kier molecular flexibility index (Phi) is 64.3. The van der Waals surface area contributed by atoms with Crippen LogP contribution in [-0.4, -0.2) is 37.2 Å². The van der Waals surface area contributed by atoms with Gasteiger partial charge in [0, 0.05) is 19.3 Å². The summed E-state index contributed by atoms with van der Waals surface area (Å²) < 4.78 is 17.0. The fourth-order valence-electron chi connectivity index (χ4n) is 9.52. The van der Waals surface area contributed by atoms with E-state index in [0.717, 1.165) is 122 Å². The Labute approximate surface area is 495 Å². The second-order valence-corrected chi connectivity index (χ2v) is 22.3. The van der Waals surface area contributed by atoms with Gasteiger partial charge in [-0.3, -0.25) is 14.4 Å². The SMILES string of the molecule is CC/C=C\C/C=C\C/C=C\C/C=C\C/C=C\CCCCCCCCCC(=O)OC(COC(=O)CCCCCCCCCCCCCC)COC(=O)CCCCCCCCCCCCCCCC/C=C\C/C=C\C/C=C\C/C=C\CC. The van der Waals surface area contributed by atoms with Crippen LogP contribution in [-0.2, 0) is 28.6 Å². The third kappa shape index (κ3) is 64.9. The number of carbonyl (C=O) groups is 3. The van der Waals surface area contributed by atoms with E-state index in [1.165, 1.54) is 161 Å². The summed E-state index contributed by atoms with van der Waals surface area (Å²) in [5.74, 6) is -0.879. The molecule has 0 saturated carbocycles. The van der Waals surface area contributed by atoms with E-state index in [0.29, 0.717) is 19.3 Å². The van der Waals surface area contributed by atoms with Crippen LogP contribution < -0.4 is 0 Å². The average Bonchev–Trinajstić information content (AvgIpc) is 3.46. The maximum absolute atomic E-state index is 12.9. The van der Waals surface area contributed by atoms with Crippen LogP contribution in [0.5, 0.6) is 0 Å². The first-order valence-corrected chi connectivity index (χ1v) is 33.9. The van der Waals surface area contributed by atoms with Crippen LogP contribution in [0.15, 0.2) is 109 Å². The Hall–Kier alpha value is -3.93. The summed E-state index contributed by atoms with van der Waals surface area (Å²) in [4.78, 5) is 38.4. The second-order valence-electron chi connectivity index (χ2n) is 22.3. The van der Waals surface area contributed by atoms with Crippen molar-refractivity contribution in [3.63, 3.8) is 0 Å². The first-order valence-electron chi connectivity index (χ1n) is 33.9. The highest BCUT2D eigenvalue weighted by molar-refractivity contribution is 5.71. The normalized spacial score (nSPS) is 12.8. The van der Waals surface area contributed by atoms with Crippen LogP contribution in [0.1, 0.15) is 323 Å². The maximum atomic E-state index is 12.9. The molecule has 1 atom stereocenters. The lowest BCUT2D eigenvalue weighted by atomic mass is 10.0. The highest BCUT2D eigenvalue weighted by Crippen LogP contribution is 2.17. The molecule has 0 fully saturated rings. The highest BCUT2D eigenvalue weighted by Gasteiger charge is 2.19. The Balaban J connectivity index is 4.29. The minimum Gasteiger partial charge on any atom is -0.462 e. The zero-order valence-electron chi connectivity index (χ0n) is 52.6.